The van der Waals surface area contributed by atoms with Crippen LogP contribution in [0.1, 0.15) is 86.8 Å². The molecule has 0 bridgehead atoms. The first-order valence-corrected chi connectivity index (χ1v) is 19.2. The maximum absolute atomic E-state index is 12.6. The summed E-state index contributed by atoms with van der Waals surface area (Å²) in [7, 11) is 0. The summed E-state index contributed by atoms with van der Waals surface area (Å²) in [6.07, 6.45) is 15.0. The molecule has 0 saturated carbocycles. The van der Waals surface area contributed by atoms with Crippen molar-refractivity contribution in [3.8, 4) is 45.7 Å². The van der Waals surface area contributed by atoms with Gasteiger partial charge in [-0.2, -0.15) is 9.97 Å². The van der Waals surface area contributed by atoms with Crippen molar-refractivity contribution >= 4 is 5.97 Å². The number of aryl methyl sites for hydroxylation is 1. The third kappa shape index (κ3) is 8.27. The second-order valence-corrected chi connectivity index (χ2v) is 16.7. The number of carbonyl (C=O) groups excluding carboxylic acids is 1. The average molecular weight is 738 g/mol. The van der Waals surface area contributed by atoms with Crippen molar-refractivity contribution < 1.29 is 18.6 Å². The van der Waals surface area contributed by atoms with Crippen LogP contribution in [0, 0.1) is 10.8 Å². The molecular formula is C44H47N7O4. The monoisotopic (exact) mass is 737 g/mol. The van der Waals surface area contributed by atoms with Gasteiger partial charge in [-0.25, -0.2) is 0 Å². The van der Waals surface area contributed by atoms with Crippen LogP contribution in [0.4, 0.5) is 0 Å². The lowest BCUT2D eigenvalue weighted by Crippen LogP contribution is -2.29. The lowest BCUT2D eigenvalue weighted by atomic mass is 9.74. The van der Waals surface area contributed by atoms with Crippen molar-refractivity contribution in [1.82, 2.24) is 30.2 Å². The van der Waals surface area contributed by atoms with Crippen LogP contribution in [0.15, 0.2) is 82.4 Å². The minimum absolute atomic E-state index is 0.259. The van der Waals surface area contributed by atoms with E-state index in [0.717, 1.165) is 78.3 Å². The number of hydrogen-bond acceptors (Lipinski definition) is 11. The molecule has 0 aliphatic heterocycles. The van der Waals surface area contributed by atoms with Crippen molar-refractivity contribution in [2.24, 2.45) is 16.6 Å². The molecule has 0 fully saturated rings. The molecule has 0 saturated heterocycles. The van der Waals surface area contributed by atoms with E-state index in [0.29, 0.717) is 36.3 Å². The number of nitrogens with zero attached hydrogens (tertiary/aromatic N) is 6. The zero-order chi connectivity index (χ0) is 38.2. The minimum Gasteiger partial charge on any atom is -0.446 e. The molecular weight excluding hydrogens is 691 g/mol. The molecule has 0 amide bonds. The molecule has 11 heteroatoms. The van der Waals surface area contributed by atoms with Gasteiger partial charge in [-0.3, -0.25) is 20.5 Å². The summed E-state index contributed by atoms with van der Waals surface area (Å²) in [4.78, 5) is 31.0. The second kappa shape index (κ2) is 14.9. The van der Waals surface area contributed by atoms with Gasteiger partial charge in [0.2, 0.25) is 11.6 Å². The van der Waals surface area contributed by atoms with Crippen LogP contribution in [0.25, 0.3) is 45.7 Å². The Morgan fingerprint density at radius 2 is 1.22 bits per heavy atom. The van der Waals surface area contributed by atoms with Crippen molar-refractivity contribution in [1.29, 1.82) is 0 Å². The van der Waals surface area contributed by atoms with Crippen LogP contribution < -0.4 is 5.73 Å². The normalized spacial score (nSPS) is 16.2. The lowest BCUT2D eigenvalue weighted by molar-refractivity contribution is -0.148. The molecule has 11 nitrogen and oxygen atoms in total. The van der Waals surface area contributed by atoms with Gasteiger partial charge in [-0.05, 0) is 95.6 Å². The van der Waals surface area contributed by atoms with Crippen molar-refractivity contribution in [2.75, 3.05) is 0 Å². The Morgan fingerprint density at radius 3 is 1.73 bits per heavy atom. The van der Waals surface area contributed by atoms with Gasteiger partial charge < -0.3 is 13.8 Å². The molecule has 1 unspecified atom stereocenters. The zero-order valence-electron chi connectivity index (χ0n) is 32.0. The minimum atomic E-state index is -0.750. The maximum atomic E-state index is 12.6. The number of carbonyl (C=O) groups is 1. The van der Waals surface area contributed by atoms with Gasteiger partial charge in [-0.1, -0.05) is 86.5 Å². The highest BCUT2D eigenvalue weighted by Gasteiger charge is 2.30. The fraction of sp³-hybridized carbons (Fsp3) is 0.386. The predicted octanol–water partition coefficient (Wildman–Crippen LogP) is 8.33. The Kier molecular flexibility index (Phi) is 9.89. The number of aromatic nitrogens is 6. The van der Waals surface area contributed by atoms with E-state index in [1.165, 1.54) is 22.3 Å². The third-order valence-electron chi connectivity index (χ3n) is 11.0. The number of esters is 1. The molecule has 55 heavy (non-hydrogen) atoms. The molecule has 4 aromatic heterocycles. The van der Waals surface area contributed by atoms with Gasteiger partial charge in [-0.15, -0.1) is 0 Å². The number of rotatable bonds is 11. The van der Waals surface area contributed by atoms with Crippen LogP contribution in [-0.4, -0.2) is 42.4 Å². The van der Waals surface area contributed by atoms with E-state index in [2.05, 4.69) is 48.0 Å². The van der Waals surface area contributed by atoms with Crippen LogP contribution >= 0.6 is 0 Å². The second-order valence-electron chi connectivity index (χ2n) is 16.7. The fourth-order valence-electron chi connectivity index (χ4n) is 7.91. The van der Waals surface area contributed by atoms with E-state index in [4.69, 9.17) is 29.5 Å². The first kappa shape index (κ1) is 36.4. The first-order chi connectivity index (χ1) is 26.5. The zero-order valence-corrected chi connectivity index (χ0v) is 32.0. The summed E-state index contributed by atoms with van der Waals surface area (Å²) >= 11 is 0. The lowest BCUT2D eigenvalue weighted by Gasteiger charge is -2.31. The van der Waals surface area contributed by atoms with Gasteiger partial charge in [0.05, 0.1) is 11.1 Å². The molecule has 0 spiro atoms. The molecule has 2 aliphatic carbocycles. The topological polar surface area (TPSA) is 156 Å². The fourth-order valence-corrected chi connectivity index (χ4v) is 7.91. The first-order valence-electron chi connectivity index (χ1n) is 19.2. The Morgan fingerprint density at radius 1 is 0.727 bits per heavy atom. The Bertz CT molecular complexity index is 2310. The van der Waals surface area contributed by atoms with Crippen LogP contribution in [0.2, 0.25) is 0 Å². The molecule has 2 aromatic carbocycles. The van der Waals surface area contributed by atoms with Crippen LogP contribution in [0.5, 0.6) is 0 Å². The largest absolute Gasteiger partial charge is 0.446 e. The Hall–Kier alpha value is -5.55. The molecule has 2 N–H and O–H groups in total. The molecule has 2 aliphatic rings. The molecule has 4 heterocycles. The van der Waals surface area contributed by atoms with Gasteiger partial charge in [0, 0.05) is 48.8 Å². The number of pyridine rings is 2. The van der Waals surface area contributed by atoms with Crippen molar-refractivity contribution in [3.05, 3.63) is 107 Å². The number of ether oxygens (including phenoxy) is 1. The van der Waals surface area contributed by atoms with Gasteiger partial charge >= 0.3 is 5.97 Å². The third-order valence-corrected chi connectivity index (χ3v) is 11.0. The predicted molar refractivity (Wildman–Crippen MR) is 208 cm³/mol. The van der Waals surface area contributed by atoms with E-state index in [9.17, 15) is 4.79 Å². The standard InChI is InChI=1S/C44H47N7O4/c1-43(2)18-16-33-31(21-43)23-46-25-35(33)41-48-39(50-54-41)29-12-8-27(9-13-29)6-5-7-38(52)53-37(45)20-28-10-14-30(15-11-28)40-49-42(55-51-40)36-26-47-24-32-22-44(3,4)19-17-34(32)36/h8-15,23-26,37H,5-7,16-22,45H2,1-4H3. The smallest absolute Gasteiger partial charge is 0.307 e. The number of fused-ring (bicyclic) bond motifs is 2. The highest BCUT2D eigenvalue weighted by atomic mass is 16.6. The number of hydrogen-bond donors (Lipinski definition) is 1. The number of benzene rings is 2. The highest BCUT2D eigenvalue weighted by molar-refractivity contribution is 5.69. The molecule has 8 rings (SSSR count). The van der Waals surface area contributed by atoms with Crippen molar-refractivity contribution in [2.45, 2.75) is 98.1 Å². The van der Waals surface area contributed by atoms with Gasteiger partial charge in [0.1, 0.15) is 0 Å². The Balaban J connectivity index is 0.799. The van der Waals surface area contributed by atoms with E-state index in [-0.39, 0.29) is 23.2 Å². The van der Waals surface area contributed by atoms with E-state index >= 15 is 0 Å². The SMILES string of the molecule is CC1(C)CCc2c(cncc2-c2nc(-c3ccc(CCCC(=O)OC(N)Cc4ccc(-c5noc(-c6cncc7c6CCC(C)(C)C7)n5)cc4)cc3)no2)C1. The quantitative estimate of drug-likeness (QED) is 0.101. The summed E-state index contributed by atoms with van der Waals surface area (Å²) in [5.74, 6) is 1.71. The molecule has 6 aromatic rings. The maximum Gasteiger partial charge on any atom is 0.307 e. The van der Waals surface area contributed by atoms with E-state index in [1.54, 1.807) is 0 Å². The summed E-state index contributed by atoms with van der Waals surface area (Å²) in [5.41, 5.74) is 17.3. The van der Waals surface area contributed by atoms with Crippen LogP contribution in [0.3, 0.4) is 0 Å². The van der Waals surface area contributed by atoms with Gasteiger partial charge in [0.25, 0.3) is 11.8 Å². The molecule has 282 valence electrons. The average Bonchev–Trinajstić information content (AvgIpc) is 3.85. The van der Waals surface area contributed by atoms with Crippen molar-refractivity contribution in [3.63, 3.8) is 0 Å². The number of nitrogens with two attached hydrogens (primary N) is 1. The highest BCUT2D eigenvalue weighted by Crippen LogP contribution is 2.40. The van der Waals surface area contributed by atoms with E-state index < -0.39 is 6.23 Å². The summed E-state index contributed by atoms with van der Waals surface area (Å²) in [6.45, 7) is 9.18. The van der Waals surface area contributed by atoms with E-state index in [1.807, 2.05) is 73.3 Å². The molecule has 1 atom stereocenters. The van der Waals surface area contributed by atoms with Gasteiger partial charge in [0.15, 0.2) is 6.23 Å². The Labute approximate surface area is 321 Å². The summed E-state index contributed by atoms with van der Waals surface area (Å²) in [6, 6.07) is 15.8. The summed E-state index contributed by atoms with van der Waals surface area (Å²) in [5, 5.41) is 8.51. The summed E-state index contributed by atoms with van der Waals surface area (Å²) < 4.78 is 16.9. The van der Waals surface area contributed by atoms with Crippen LogP contribution in [-0.2, 0) is 48.1 Å². The molecule has 0 radical (unpaired) electrons.